The van der Waals surface area contributed by atoms with Gasteiger partial charge in [0.1, 0.15) is 0 Å². The van der Waals surface area contributed by atoms with Gasteiger partial charge >= 0.3 is 0 Å². The Morgan fingerprint density at radius 1 is 1.64 bits per heavy atom. The van der Waals surface area contributed by atoms with Gasteiger partial charge in [0, 0.05) is 6.04 Å². The Labute approximate surface area is 87.8 Å². The van der Waals surface area contributed by atoms with Crippen LogP contribution in [0.4, 0.5) is 0 Å². The van der Waals surface area contributed by atoms with Crippen LogP contribution >= 0.6 is 11.3 Å². The first-order valence-corrected chi connectivity index (χ1v) is 5.52. The molecule has 14 heavy (non-hydrogen) atoms. The molecular formula is C10H15NO2S. The van der Waals surface area contributed by atoms with Crippen LogP contribution in [0.2, 0.25) is 0 Å². The number of rotatable bonds is 4. The molecule has 0 spiro atoms. The average Bonchev–Trinajstić information content (AvgIpc) is 2.69. The minimum atomic E-state index is -0.177. The largest absolute Gasteiger partial charge is 0.394 e. The summed E-state index contributed by atoms with van der Waals surface area (Å²) in [5.74, 6) is -0.180. The molecule has 0 aliphatic carbocycles. The first-order chi connectivity index (χ1) is 6.65. The van der Waals surface area contributed by atoms with Gasteiger partial charge in [-0.1, -0.05) is 0 Å². The van der Waals surface area contributed by atoms with Gasteiger partial charge in [0.15, 0.2) is 0 Å². The van der Waals surface area contributed by atoms with Crippen LogP contribution in [0, 0.1) is 0 Å². The van der Waals surface area contributed by atoms with E-state index in [1.807, 2.05) is 23.8 Å². The topological polar surface area (TPSA) is 49.3 Å². The lowest BCUT2D eigenvalue weighted by molar-refractivity contribution is -0.123. The molecule has 0 aromatic carbocycles. The minimum Gasteiger partial charge on any atom is -0.394 e. The van der Waals surface area contributed by atoms with Crippen LogP contribution in [-0.2, 0) is 4.79 Å². The summed E-state index contributed by atoms with van der Waals surface area (Å²) in [4.78, 5) is 11.6. The van der Waals surface area contributed by atoms with Crippen molar-refractivity contribution < 1.29 is 9.90 Å². The summed E-state index contributed by atoms with van der Waals surface area (Å²) in [7, 11) is 0. The predicted molar refractivity (Wildman–Crippen MR) is 57.4 cm³/mol. The zero-order valence-corrected chi connectivity index (χ0v) is 9.17. The number of hydrogen-bond donors (Lipinski definition) is 2. The van der Waals surface area contributed by atoms with Crippen molar-refractivity contribution in [2.24, 2.45) is 0 Å². The molecule has 1 aromatic heterocycles. The summed E-state index contributed by atoms with van der Waals surface area (Å²) in [5, 5.41) is 15.4. The number of thiophene rings is 1. The maximum atomic E-state index is 11.6. The second kappa shape index (κ2) is 5.12. The Morgan fingerprint density at radius 3 is 2.86 bits per heavy atom. The summed E-state index contributed by atoms with van der Waals surface area (Å²) >= 11 is 1.58. The highest BCUT2D eigenvalue weighted by Gasteiger charge is 2.16. The molecular weight excluding hydrogens is 198 g/mol. The van der Waals surface area contributed by atoms with Gasteiger partial charge in [-0.2, -0.15) is 11.3 Å². The van der Waals surface area contributed by atoms with E-state index < -0.39 is 0 Å². The Morgan fingerprint density at radius 2 is 2.36 bits per heavy atom. The van der Waals surface area contributed by atoms with Crippen LogP contribution in [0.15, 0.2) is 16.8 Å². The van der Waals surface area contributed by atoms with E-state index in [9.17, 15) is 4.79 Å². The Bertz CT molecular complexity index is 284. The van der Waals surface area contributed by atoms with Crippen molar-refractivity contribution in [3.8, 4) is 0 Å². The van der Waals surface area contributed by atoms with E-state index in [1.54, 1.807) is 18.3 Å². The molecule has 1 aromatic rings. The van der Waals surface area contributed by atoms with Gasteiger partial charge in [-0.15, -0.1) is 0 Å². The molecule has 4 heteroatoms. The highest BCUT2D eigenvalue weighted by atomic mass is 32.1. The summed E-state index contributed by atoms with van der Waals surface area (Å²) in [6.07, 6.45) is 0. The van der Waals surface area contributed by atoms with Crippen LogP contribution in [0.25, 0.3) is 0 Å². The lowest BCUT2D eigenvalue weighted by atomic mass is 10.0. The summed E-state index contributed by atoms with van der Waals surface area (Å²) in [6.45, 7) is 3.61. The average molecular weight is 213 g/mol. The summed E-state index contributed by atoms with van der Waals surface area (Å²) < 4.78 is 0. The van der Waals surface area contributed by atoms with Crippen molar-refractivity contribution in [2.75, 3.05) is 6.61 Å². The SMILES string of the molecule is CC(CO)NC(=O)C(C)c1ccsc1. The number of aliphatic hydroxyl groups is 1. The number of amides is 1. The summed E-state index contributed by atoms with van der Waals surface area (Å²) in [6, 6.07) is 1.77. The first kappa shape index (κ1) is 11.2. The van der Waals surface area contributed by atoms with Gasteiger partial charge in [-0.25, -0.2) is 0 Å². The Hall–Kier alpha value is -0.870. The highest BCUT2D eigenvalue weighted by Crippen LogP contribution is 2.18. The van der Waals surface area contributed by atoms with Crippen molar-refractivity contribution >= 4 is 17.2 Å². The van der Waals surface area contributed by atoms with E-state index in [0.29, 0.717) is 0 Å². The van der Waals surface area contributed by atoms with Crippen molar-refractivity contribution in [3.05, 3.63) is 22.4 Å². The van der Waals surface area contributed by atoms with Gasteiger partial charge < -0.3 is 10.4 Å². The third-order valence-electron chi connectivity index (χ3n) is 2.10. The third-order valence-corrected chi connectivity index (χ3v) is 2.80. The summed E-state index contributed by atoms with van der Waals surface area (Å²) in [5.41, 5.74) is 1.03. The maximum Gasteiger partial charge on any atom is 0.227 e. The number of hydrogen-bond acceptors (Lipinski definition) is 3. The van der Waals surface area contributed by atoms with E-state index in [4.69, 9.17) is 5.11 Å². The molecule has 0 saturated heterocycles. The smallest absolute Gasteiger partial charge is 0.227 e. The van der Waals surface area contributed by atoms with E-state index >= 15 is 0 Å². The van der Waals surface area contributed by atoms with E-state index in [-0.39, 0.29) is 24.5 Å². The molecule has 2 N–H and O–H groups in total. The van der Waals surface area contributed by atoms with Gasteiger partial charge in [0.25, 0.3) is 0 Å². The van der Waals surface area contributed by atoms with Crippen molar-refractivity contribution in [3.63, 3.8) is 0 Å². The van der Waals surface area contributed by atoms with Crippen molar-refractivity contribution in [1.82, 2.24) is 5.32 Å². The fourth-order valence-corrected chi connectivity index (χ4v) is 1.84. The standard InChI is InChI=1S/C10H15NO2S/c1-7(5-12)11-10(13)8(2)9-3-4-14-6-9/h3-4,6-8,12H,5H2,1-2H3,(H,11,13). The minimum absolute atomic E-state index is 0.0257. The van der Waals surface area contributed by atoms with Gasteiger partial charge in [-0.05, 0) is 36.2 Å². The fourth-order valence-electron chi connectivity index (χ4n) is 1.09. The number of carbonyl (C=O) groups excluding carboxylic acids is 1. The molecule has 1 amide bonds. The molecule has 0 aliphatic heterocycles. The normalized spacial score (nSPS) is 14.8. The van der Waals surface area contributed by atoms with Gasteiger partial charge in [0.2, 0.25) is 5.91 Å². The second-order valence-corrected chi connectivity index (χ2v) is 4.15. The fraction of sp³-hybridized carbons (Fsp3) is 0.500. The maximum absolute atomic E-state index is 11.6. The first-order valence-electron chi connectivity index (χ1n) is 4.58. The van der Waals surface area contributed by atoms with Gasteiger partial charge in [0.05, 0.1) is 12.5 Å². The van der Waals surface area contributed by atoms with Crippen molar-refractivity contribution in [1.29, 1.82) is 0 Å². The number of nitrogens with one attached hydrogen (secondary N) is 1. The molecule has 0 saturated carbocycles. The molecule has 1 heterocycles. The van der Waals surface area contributed by atoms with Crippen LogP contribution < -0.4 is 5.32 Å². The Balaban J connectivity index is 2.53. The zero-order valence-electron chi connectivity index (χ0n) is 8.36. The quantitative estimate of drug-likeness (QED) is 0.793. The molecule has 0 radical (unpaired) electrons. The molecule has 78 valence electrons. The Kier molecular flexibility index (Phi) is 4.10. The number of aliphatic hydroxyl groups excluding tert-OH is 1. The molecule has 1 rings (SSSR count). The molecule has 0 fully saturated rings. The lowest BCUT2D eigenvalue weighted by Gasteiger charge is -2.14. The van der Waals surface area contributed by atoms with Crippen LogP contribution in [0.3, 0.4) is 0 Å². The lowest BCUT2D eigenvalue weighted by Crippen LogP contribution is -2.37. The molecule has 0 bridgehead atoms. The molecule has 2 unspecified atom stereocenters. The second-order valence-electron chi connectivity index (χ2n) is 3.37. The molecule has 2 atom stereocenters. The molecule has 3 nitrogen and oxygen atoms in total. The van der Waals surface area contributed by atoms with Gasteiger partial charge in [-0.3, -0.25) is 4.79 Å². The van der Waals surface area contributed by atoms with Crippen molar-refractivity contribution in [2.45, 2.75) is 25.8 Å². The predicted octanol–water partition coefficient (Wildman–Crippen LogP) is 1.35. The highest BCUT2D eigenvalue weighted by molar-refractivity contribution is 7.08. The number of carbonyl (C=O) groups is 1. The zero-order chi connectivity index (χ0) is 10.6. The van der Waals surface area contributed by atoms with E-state index in [0.717, 1.165) is 5.56 Å². The van der Waals surface area contributed by atoms with Crippen LogP contribution in [-0.4, -0.2) is 23.7 Å². The van der Waals surface area contributed by atoms with Crippen LogP contribution in [0.5, 0.6) is 0 Å². The third kappa shape index (κ3) is 2.82. The van der Waals surface area contributed by atoms with E-state index in [1.165, 1.54) is 0 Å². The van der Waals surface area contributed by atoms with E-state index in [2.05, 4.69) is 5.32 Å². The monoisotopic (exact) mass is 213 g/mol. The van der Waals surface area contributed by atoms with Crippen LogP contribution in [0.1, 0.15) is 25.3 Å². The molecule has 0 aliphatic rings.